The van der Waals surface area contributed by atoms with Crippen LogP contribution in [0.15, 0.2) is 24.5 Å². The fraction of sp³-hybridized carbons (Fsp3) is 0.389. The molecule has 160 valence electrons. The first-order chi connectivity index (χ1) is 14.0. The molecular formula is C18H17F4N5O3. The summed E-state index contributed by atoms with van der Waals surface area (Å²) in [4.78, 5) is 35.1. The van der Waals surface area contributed by atoms with E-state index in [9.17, 15) is 27.2 Å². The lowest BCUT2D eigenvalue weighted by Gasteiger charge is -2.20. The number of aromatic nitrogens is 3. The molecule has 1 fully saturated rings. The number of likely N-dealkylation sites (tertiary alicyclic amines) is 1. The number of rotatable bonds is 4. The van der Waals surface area contributed by atoms with Crippen LogP contribution in [-0.2, 0) is 17.5 Å². The highest BCUT2D eigenvalue weighted by Gasteiger charge is 2.39. The predicted octanol–water partition coefficient (Wildman–Crippen LogP) is 2.57. The summed E-state index contributed by atoms with van der Waals surface area (Å²) < 4.78 is 51.4. The summed E-state index contributed by atoms with van der Waals surface area (Å²) in [5.41, 5.74) is 1.67. The van der Waals surface area contributed by atoms with Crippen LogP contribution >= 0.6 is 0 Å². The molecule has 2 atom stereocenters. The van der Waals surface area contributed by atoms with Crippen LogP contribution in [-0.4, -0.2) is 55.7 Å². The van der Waals surface area contributed by atoms with Crippen molar-refractivity contribution in [3.8, 4) is 11.3 Å². The highest BCUT2D eigenvalue weighted by molar-refractivity contribution is 5.86. The van der Waals surface area contributed by atoms with Crippen molar-refractivity contribution < 1.29 is 32.3 Å². The van der Waals surface area contributed by atoms with Crippen LogP contribution in [0.1, 0.15) is 23.5 Å². The lowest BCUT2D eigenvalue weighted by atomic mass is 10.1. The molecule has 1 aliphatic heterocycles. The highest BCUT2D eigenvalue weighted by atomic mass is 19.4. The van der Waals surface area contributed by atoms with Gasteiger partial charge in [-0.3, -0.25) is 14.7 Å². The SMILES string of the molecule is Cc1cc(CNC(=O)[C@@H]2C[C@@H](F)CN2C(=O)O)cc(-c2cnc(C(F)(F)F)nc2)n1. The Hall–Kier alpha value is -3.31. The Morgan fingerprint density at radius 2 is 1.93 bits per heavy atom. The number of amides is 2. The minimum Gasteiger partial charge on any atom is -0.465 e. The number of hydrogen-bond donors (Lipinski definition) is 2. The third-order valence-electron chi connectivity index (χ3n) is 4.48. The molecular weight excluding hydrogens is 410 g/mol. The van der Waals surface area contributed by atoms with E-state index in [-0.39, 0.29) is 25.1 Å². The van der Waals surface area contributed by atoms with Gasteiger partial charge in [0, 0.05) is 36.6 Å². The van der Waals surface area contributed by atoms with E-state index in [4.69, 9.17) is 5.11 Å². The summed E-state index contributed by atoms with van der Waals surface area (Å²) >= 11 is 0. The molecule has 0 spiro atoms. The van der Waals surface area contributed by atoms with Crippen LogP contribution in [0, 0.1) is 6.92 Å². The Morgan fingerprint density at radius 3 is 2.53 bits per heavy atom. The molecule has 8 nitrogen and oxygen atoms in total. The summed E-state index contributed by atoms with van der Waals surface area (Å²) in [5.74, 6) is -1.90. The van der Waals surface area contributed by atoms with Crippen molar-refractivity contribution in [2.24, 2.45) is 0 Å². The molecule has 3 rings (SSSR count). The molecule has 0 aromatic carbocycles. The first-order valence-electron chi connectivity index (χ1n) is 8.83. The van der Waals surface area contributed by atoms with Gasteiger partial charge in [0.2, 0.25) is 11.7 Å². The molecule has 0 saturated carbocycles. The number of alkyl halides is 4. The van der Waals surface area contributed by atoms with Crippen LogP contribution in [0.2, 0.25) is 0 Å². The van der Waals surface area contributed by atoms with Gasteiger partial charge < -0.3 is 10.4 Å². The molecule has 0 unspecified atom stereocenters. The first-order valence-corrected chi connectivity index (χ1v) is 8.83. The fourth-order valence-corrected chi connectivity index (χ4v) is 3.15. The Bertz CT molecular complexity index is 952. The van der Waals surface area contributed by atoms with Crippen LogP contribution in [0.5, 0.6) is 0 Å². The molecule has 2 aromatic heterocycles. The first kappa shape index (κ1) is 21.4. The van der Waals surface area contributed by atoms with Crippen LogP contribution in [0.3, 0.4) is 0 Å². The maximum Gasteiger partial charge on any atom is 0.451 e. The van der Waals surface area contributed by atoms with E-state index in [1.54, 1.807) is 19.1 Å². The zero-order valence-corrected chi connectivity index (χ0v) is 15.6. The number of halogens is 4. The second kappa shape index (κ2) is 8.20. The minimum absolute atomic E-state index is 0.00238. The molecule has 30 heavy (non-hydrogen) atoms. The van der Waals surface area contributed by atoms with Gasteiger partial charge in [-0.05, 0) is 24.6 Å². The van der Waals surface area contributed by atoms with Crippen molar-refractivity contribution in [1.82, 2.24) is 25.2 Å². The third kappa shape index (κ3) is 4.81. The molecule has 2 aromatic rings. The van der Waals surface area contributed by atoms with Gasteiger partial charge in [0.05, 0.1) is 12.2 Å². The van der Waals surface area contributed by atoms with Gasteiger partial charge in [0.15, 0.2) is 0 Å². The quantitative estimate of drug-likeness (QED) is 0.727. The van der Waals surface area contributed by atoms with Crippen LogP contribution in [0.4, 0.5) is 22.4 Å². The average molecular weight is 427 g/mol. The average Bonchev–Trinajstić information content (AvgIpc) is 3.07. The molecule has 0 radical (unpaired) electrons. The molecule has 12 heteroatoms. The standard InChI is InChI=1S/C18H17F4N5O3/c1-9-2-10(5-23-15(28)14-4-12(19)8-27(14)17(29)30)3-13(26-9)11-6-24-16(25-7-11)18(20,21)22/h2-3,6-7,12,14H,4-5,8H2,1H3,(H,23,28)(H,29,30)/t12-,14+/m1/s1. The lowest BCUT2D eigenvalue weighted by Crippen LogP contribution is -2.45. The molecule has 2 N–H and O–H groups in total. The second-order valence-electron chi connectivity index (χ2n) is 6.80. The molecule has 3 heterocycles. The smallest absolute Gasteiger partial charge is 0.451 e. The van der Waals surface area contributed by atoms with E-state index in [0.29, 0.717) is 17.0 Å². The number of nitrogens with zero attached hydrogens (tertiary/aromatic N) is 4. The van der Waals surface area contributed by atoms with E-state index >= 15 is 0 Å². The van der Waals surface area contributed by atoms with Gasteiger partial charge in [-0.2, -0.15) is 13.2 Å². The van der Waals surface area contributed by atoms with E-state index < -0.39 is 36.2 Å². The Kier molecular flexibility index (Phi) is 5.85. The number of pyridine rings is 1. The highest BCUT2D eigenvalue weighted by Crippen LogP contribution is 2.27. The summed E-state index contributed by atoms with van der Waals surface area (Å²) in [6.07, 6.45) is -5.65. The Morgan fingerprint density at radius 1 is 1.27 bits per heavy atom. The van der Waals surface area contributed by atoms with Crippen LogP contribution in [0.25, 0.3) is 11.3 Å². The maximum absolute atomic E-state index is 13.5. The number of nitrogens with one attached hydrogen (secondary N) is 1. The summed E-state index contributed by atoms with van der Waals surface area (Å²) in [6, 6.07) is 2.07. The Labute approximate surface area is 168 Å². The second-order valence-corrected chi connectivity index (χ2v) is 6.80. The maximum atomic E-state index is 13.5. The van der Waals surface area contributed by atoms with Crippen molar-refractivity contribution >= 4 is 12.0 Å². The number of carboxylic acid groups (broad SMARTS) is 1. The number of hydrogen-bond acceptors (Lipinski definition) is 5. The molecule has 0 bridgehead atoms. The number of aryl methyl sites for hydroxylation is 1. The molecule has 1 aliphatic rings. The van der Waals surface area contributed by atoms with Gasteiger partial charge in [-0.25, -0.2) is 19.2 Å². The van der Waals surface area contributed by atoms with Gasteiger partial charge in [-0.15, -0.1) is 0 Å². The van der Waals surface area contributed by atoms with Crippen molar-refractivity contribution in [2.75, 3.05) is 6.54 Å². The summed E-state index contributed by atoms with van der Waals surface area (Å²) in [5, 5.41) is 11.7. The zero-order chi connectivity index (χ0) is 22.1. The van der Waals surface area contributed by atoms with Crippen molar-refractivity contribution in [3.05, 3.63) is 41.6 Å². The van der Waals surface area contributed by atoms with E-state index in [2.05, 4.69) is 20.3 Å². The lowest BCUT2D eigenvalue weighted by molar-refractivity contribution is -0.145. The van der Waals surface area contributed by atoms with Crippen molar-refractivity contribution in [2.45, 2.75) is 38.3 Å². The molecule has 2 amide bonds. The Balaban J connectivity index is 1.73. The van der Waals surface area contributed by atoms with Gasteiger partial charge in [0.25, 0.3) is 0 Å². The minimum atomic E-state index is -4.66. The summed E-state index contributed by atoms with van der Waals surface area (Å²) in [6.45, 7) is 1.30. The van der Waals surface area contributed by atoms with Crippen molar-refractivity contribution in [1.29, 1.82) is 0 Å². The van der Waals surface area contributed by atoms with E-state index in [1.165, 1.54) is 0 Å². The van der Waals surface area contributed by atoms with Crippen molar-refractivity contribution in [3.63, 3.8) is 0 Å². The predicted molar refractivity (Wildman–Crippen MR) is 94.9 cm³/mol. The monoisotopic (exact) mass is 427 g/mol. The van der Waals surface area contributed by atoms with E-state index in [1.807, 2.05) is 0 Å². The number of carbonyl (C=O) groups excluding carboxylic acids is 1. The van der Waals surface area contributed by atoms with E-state index in [0.717, 1.165) is 17.3 Å². The molecule has 1 saturated heterocycles. The normalized spacial score (nSPS) is 19.0. The van der Waals surface area contributed by atoms with Crippen LogP contribution < -0.4 is 5.32 Å². The largest absolute Gasteiger partial charge is 0.465 e. The summed E-state index contributed by atoms with van der Waals surface area (Å²) in [7, 11) is 0. The zero-order valence-electron chi connectivity index (χ0n) is 15.6. The van der Waals surface area contributed by atoms with Gasteiger partial charge in [0.1, 0.15) is 12.2 Å². The topological polar surface area (TPSA) is 108 Å². The third-order valence-corrected chi connectivity index (χ3v) is 4.48. The van der Waals surface area contributed by atoms with Gasteiger partial charge >= 0.3 is 12.3 Å². The number of carbonyl (C=O) groups is 2. The molecule has 0 aliphatic carbocycles. The fourth-order valence-electron chi connectivity index (χ4n) is 3.15. The van der Waals surface area contributed by atoms with Gasteiger partial charge in [-0.1, -0.05) is 0 Å².